The van der Waals surface area contributed by atoms with Gasteiger partial charge in [-0.3, -0.25) is 0 Å². The number of aromatic nitrogens is 1. The third-order valence-corrected chi connectivity index (χ3v) is 19.8. The molecule has 0 spiro atoms. The summed E-state index contributed by atoms with van der Waals surface area (Å²) in [6.07, 6.45) is 2.36. The number of hydrogen-bond donors (Lipinski definition) is 0. The molecule has 3 aliphatic carbocycles. The molecular weight excluding hydrogens is 864 g/mol. The fourth-order valence-electron chi connectivity index (χ4n) is 14.6. The van der Waals surface area contributed by atoms with E-state index in [2.05, 4.69) is 219 Å². The summed E-state index contributed by atoms with van der Waals surface area (Å²) in [5.74, 6) is 0. The highest BCUT2D eigenvalue weighted by Crippen LogP contribution is 2.59. The Morgan fingerprint density at radius 3 is 1.79 bits per heavy atom. The summed E-state index contributed by atoms with van der Waals surface area (Å²) in [5, 5.41) is 5.59. The van der Waals surface area contributed by atoms with Crippen LogP contribution in [0.5, 0.6) is 0 Å². The second kappa shape index (κ2) is 12.9. The van der Waals surface area contributed by atoms with Gasteiger partial charge < -0.3 is 9.38 Å². The van der Waals surface area contributed by atoms with Crippen molar-refractivity contribution in [2.45, 2.75) is 116 Å². The Morgan fingerprint density at radius 2 is 1.11 bits per heavy atom. The van der Waals surface area contributed by atoms with E-state index in [-0.39, 0.29) is 33.9 Å². The van der Waals surface area contributed by atoms with Crippen LogP contribution in [0.15, 0.2) is 133 Å². The maximum Gasteiger partial charge on any atom is 0.333 e. The Hall–Kier alpha value is -6.36. The van der Waals surface area contributed by atoms with Crippen molar-refractivity contribution in [3.05, 3.63) is 172 Å². The zero-order chi connectivity index (χ0) is 47.9. The number of fused-ring (bicyclic) bond motifs is 20. The molecule has 0 amide bonds. The van der Waals surface area contributed by atoms with E-state index in [1.54, 1.807) is 0 Å². The maximum absolute atomic E-state index is 2.79. The van der Waals surface area contributed by atoms with E-state index in [9.17, 15) is 0 Å². The van der Waals surface area contributed by atoms with E-state index >= 15 is 0 Å². The van der Waals surface area contributed by atoms with E-state index < -0.39 is 0 Å². The molecular formula is C66H59BN2S. The largest absolute Gasteiger partial charge is 0.376 e. The molecule has 70 heavy (non-hydrogen) atoms. The maximum atomic E-state index is 2.79. The van der Waals surface area contributed by atoms with E-state index in [1.807, 2.05) is 11.3 Å². The number of rotatable bonds is 1. The van der Waals surface area contributed by atoms with Gasteiger partial charge in [-0.1, -0.05) is 161 Å². The molecule has 0 atom stereocenters. The van der Waals surface area contributed by atoms with E-state index in [0.29, 0.717) is 0 Å². The van der Waals surface area contributed by atoms with Gasteiger partial charge in [0.15, 0.2) is 0 Å². The van der Waals surface area contributed by atoms with Crippen LogP contribution in [0.4, 0.5) is 11.4 Å². The highest BCUT2D eigenvalue weighted by molar-refractivity contribution is 7.27. The Kier molecular flexibility index (Phi) is 7.66. The van der Waals surface area contributed by atoms with Crippen LogP contribution in [0.3, 0.4) is 0 Å². The Morgan fingerprint density at radius 1 is 0.514 bits per heavy atom. The summed E-state index contributed by atoms with van der Waals surface area (Å²) >= 11 is 2.01. The molecule has 0 saturated carbocycles. The molecule has 0 radical (unpaired) electrons. The van der Waals surface area contributed by atoms with Crippen LogP contribution in [0.25, 0.3) is 81.0 Å². The standard InChI is InChI=1S/C66H59BN2S/c1-62(2,3)36-24-26-37(27-25-36)69-53-33-42-39-19-13-16-22-46(39)65(8,9)47(42)30-44(53)58-59-60-56(57-40-20-14-17-23-55(40)70-61(57)58)43-31-49-50(64(6,7)29-28-63(49,4)5)35-52(43)68(60)54-34-48-41(32-51(54)67(59)69)38-18-12-15-21-45(38)66(48,10)11/h12-27,30-35H,28-29H2,1-11H3. The second-order valence-electron chi connectivity index (χ2n) is 25.1. The quantitative estimate of drug-likeness (QED) is 0.149. The number of anilines is 2. The molecule has 2 nitrogen and oxygen atoms in total. The van der Waals surface area contributed by atoms with Gasteiger partial charge in [-0.15, -0.1) is 11.3 Å². The summed E-state index contributed by atoms with van der Waals surface area (Å²) in [6, 6.07) is 53.3. The van der Waals surface area contributed by atoms with Gasteiger partial charge in [0.05, 0.1) is 11.0 Å². The lowest BCUT2D eigenvalue weighted by Crippen LogP contribution is -2.60. The average molecular weight is 923 g/mol. The van der Waals surface area contributed by atoms with Gasteiger partial charge in [0.25, 0.3) is 0 Å². The number of benzene rings is 8. The first kappa shape index (κ1) is 41.4. The zero-order valence-corrected chi connectivity index (χ0v) is 43.3. The molecule has 0 unspecified atom stereocenters. The first-order chi connectivity index (χ1) is 33.4. The van der Waals surface area contributed by atoms with Gasteiger partial charge in [0.1, 0.15) is 0 Å². The van der Waals surface area contributed by atoms with E-state index in [4.69, 9.17) is 0 Å². The Bertz CT molecular complexity index is 4050. The third-order valence-electron chi connectivity index (χ3n) is 18.6. The van der Waals surface area contributed by atoms with Crippen LogP contribution < -0.4 is 15.7 Å². The molecule has 15 rings (SSSR count). The average Bonchev–Trinajstić information content (AvgIpc) is 4.02. The van der Waals surface area contributed by atoms with Gasteiger partial charge in [0, 0.05) is 70.0 Å². The van der Waals surface area contributed by atoms with Crippen molar-refractivity contribution in [3.63, 3.8) is 0 Å². The number of thiophene rings is 1. The number of hydrogen-bond acceptors (Lipinski definition) is 2. The van der Waals surface area contributed by atoms with Gasteiger partial charge in [-0.05, 0) is 150 Å². The molecule has 0 N–H and O–H groups in total. The fraction of sp³-hybridized carbons (Fsp3) is 0.273. The molecule has 0 bridgehead atoms. The highest BCUT2D eigenvalue weighted by Gasteiger charge is 2.49. The topological polar surface area (TPSA) is 8.17 Å². The Balaban J connectivity index is 1.19. The highest BCUT2D eigenvalue weighted by atomic mass is 32.1. The Labute approximate surface area is 417 Å². The van der Waals surface area contributed by atoms with Crippen LogP contribution >= 0.6 is 11.3 Å². The van der Waals surface area contributed by atoms with Crippen molar-refractivity contribution in [2.75, 3.05) is 4.81 Å². The lowest BCUT2D eigenvalue weighted by Gasteiger charge is -2.43. The number of nitrogens with zero attached hydrogens (tertiary/aromatic N) is 2. The molecule has 0 saturated heterocycles. The fourth-order valence-corrected chi connectivity index (χ4v) is 15.9. The van der Waals surface area contributed by atoms with Gasteiger partial charge >= 0.3 is 6.85 Å². The predicted octanol–water partition coefficient (Wildman–Crippen LogP) is 16.6. The van der Waals surface area contributed by atoms with Gasteiger partial charge in [-0.25, -0.2) is 0 Å². The molecule has 2 aromatic heterocycles. The molecule has 4 heteroatoms. The molecule has 8 aromatic carbocycles. The van der Waals surface area contributed by atoms with Crippen molar-refractivity contribution in [3.8, 4) is 39.1 Å². The van der Waals surface area contributed by atoms with E-state index in [1.165, 1.54) is 155 Å². The minimum Gasteiger partial charge on any atom is -0.376 e. The van der Waals surface area contributed by atoms with Crippen LogP contribution in [-0.4, -0.2) is 11.4 Å². The summed E-state index contributed by atoms with van der Waals surface area (Å²) in [5.41, 5.74) is 27.5. The van der Waals surface area contributed by atoms with Crippen molar-refractivity contribution in [1.29, 1.82) is 0 Å². The van der Waals surface area contributed by atoms with Crippen LogP contribution in [0, 0.1) is 0 Å². The van der Waals surface area contributed by atoms with E-state index in [0.717, 1.165) is 0 Å². The summed E-state index contributed by atoms with van der Waals surface area (Å²) < 4.78 is 5.56. The van der Waals surface area contributed by atoms with Crippen molar-refractivity contribution in [1.82, 2.24) is 4.57 Å². The van der Waals surface area contributed by atoms with Crippen molar-refractivity contribution in [2.24, 2.45) is 0 Å². The zero-order valence-electron chi connectivity index (χ0n) is 42.5. The summed E-state index contributed by atoms with van der Waals surface area (Å²) in [6.45, 7) is 26.7. The van der Waals surface area contributed by atoms with Crippen LogP contribution in [-0.2, 0) is 27.1 Å². The second-order valence-corrected chi connectivity index (χ2v) is 26.2. The lowest BCUT2D eigenvalue weighted by atomic mass is 9.43. The SMILES string of the molecule is CC(C)(C)c1ccc(N2B3c4cc5c(cc4-n4c6cc7c(cc6c6c8c(sc9ccccc98)c(c3c64)-c3cc4c(cc32)-c2ccccc2C4(C)C)C(C)(C)CCC7(C)C)C(C)(C)c2ccccc2-5)cc1. The molecule has 5 aliphatic rings. The molecule has 342 valence electrons. The van der Waals surface area contributed by atoms with Crippen molar-refractivity contribution < 1.29 is 0 Å². The summed E-state index contributed by atoms with van der Waals surface area (Å²) in [4.78, 5) is 2.78. The summed E-state index contributed by atoms with van der Waals surface area (Å²) in [7, 11) is 0. The normalized spacial score (nSPS) is 17.9. The lowest BCUT2D eigenvalue weighted by molar-refractivity contribution is 0.332. The smallest absolute Gasteiger partial charge is 0.333 e. The third kappa shape index (κ3) is 4.97. The molecule has 10 aromatic rings. The van der Waals surface area contributed by atoms with Crippen LogP contribution in [0.1, 0.15) is 128 Å². The van der Waals surface area contributed by atoms with Gasteiger partial charge in [-0.2, -0.15) is 0 Å². The van der Waals surface area contributed by atoms with Gasteiger partial charge in [0.2, 0.25) is 0 Å². The molecule has 2 aliphatic heterocycles. The first-order valence-electron chi connectivity index (χ1n) is 25.8. The van der Waals surface area contributed by atoms with Crippen LogP contribution in [0.2, 0.25) is 0 Å². The first-order valence-corrected chi connectivity index (χ1v) is 26.7. The minimum atomic E-state index is -0.157. The van der Waals surface area contributed by atoms with Crippen molar-refractivity contribution >= 4 is 82.5 Å². The molecule has 0 fully saturated rings. The molecule has 4 heterocycles. The monoisotopic (exact) mass is 922 g/mol. The predicted molar refractivity (Wildman–Crippen MR) is 302 cm³/mol. The minimum absolute atomic E-state index is 0.0292.